The van der Waals surface area contributed by atoms with E-state index in [0.29, 0.717) is 29.7 Å². The Hall–Kier alpha value is -2.44. The highest BCUT2D eigenvalue weighted by molar-refractivity contribution is 7.89. The van der Waals surface area contributed by atoms with E-state index < -0.39 is 10.0 Å². The van der Waals surface area contributed by atoms with Crippen molar-refractivity contribution >= 4 is 27.2 Å². The van der Waals surface area contributed by atoms with Gasteiger partial charge in [-0.2, -0.15) is 4.31 Å². The maximum Gasteiger partial charge on any atom is 0.243 e. The summed E-state index contributed by atoms with van der Waals surface area (Å²) >= 11 is 0. The van der Waals surface area contributed by atoms with Gasteiger partial charge in [0, 0.05) is 29.6 Å². The van der Waals surface area contributed by atoms with Crippen molar-refractivity contribution in [2.45, 2.75) is 17.7 Å². The van der Waals surface area contributed by atoms with Gasteiger partial charge in [-0.05, 0) is 36.6 Å². The Morgan fingerprint density at radius 3 is 2.40 bits per heavy atom. The van der Waals surface area contributed by atoms with Gasteiger partial charge in [-0.15, -0.1) is 0 Å². The normalized spacial score (nSPS) is 15.7. The number of carbonyl (C=O) groups excluding carboxylic acids is 1. The first-order valence-electron chi connectivity index (χ1n) is 8.28. The molecule has 1 N–H and O–H groups in total. The van der Waals surface area contributed by atoms with Crippen LogP contribution in [0.4, 0.5) is 0 Å². The lowest BCUT2D eigenvalue weighted by Crippen LogP contribution is -2.27. The second kappa shape index (κ2) is 6.13. The molecule has 4 rings (SSSR count). The van der Waals surface area contributed by atoms with E-state index in [1.54, 1.807) is 18.2 Å². The number of hydrogen-bond donors (Lipinski definition) is 1. The molecule has 1 aliphatic heterocycles. The van der Waals surface area contributed by atoms with Crippen molar-refractivity contribution in [3.05, 3.63) is 54.1 Å². The van der Waals surface area contributed by atoms with Crippen LogP contribution in [0.1, 0.15) is 23.2 Å². The molecule has 0 atom stereocenters. The average molecular weight is 354 g/mol. The molecular weight excluding hydrogens is 336 g/mol. The van der Waals surface area contributed by atoms with E-state index in [9.17, 15) is 13.2 Å². The monoisotopic (exact) mass is 354 g/mol. The van der Waals surface area contributed by atoms with Crippen molar-refractivity contribution in [3.63, 3.8) is 0 Å². The topological polar surface area (TPSA) is 70.2 Å². The SMILES string of the molecule is O=Cc1c(-c2ccccc2)[nH]c2ccc(S(=O)(=O)N3CCCC3)cc12. The number of aromatic amines is 1. The summed E-state index contributed by atoms with van der Waals surface area (Å²) < 4.78 is 27.1. The van der Waals surface area contributed by atoms with Crippen molar-refractivity contribution in [3.8, 4) is 11.3 Å². The molecule has 25 heavy (non-hydrogen) atoms. The third-order valence-corrected chi connectivity index (χ3v) is 6.59. The number of nitrogens with one attached hydrogen (secondary N) is 1. The van der Waals surface area contributed by atoms with Crippen molar-refractivity contribution in [2.75, 3.05) is 13.1 Å². The van der Waals surface area contributed by atoms with Crippen molar-refractivity contribution in [1.29, 1.82) is 0 Å². The fourth-order valence-corrected chi connectivity index (χ4v) is 4.93. The van der Waals surface area contributed by atoms with Gasteiger partial charge in [-0.25, -0.2) is 8.42 Å². The molecule has 128 valence electrons. The molecule has 1 aromatic heterocycles. The minimum atomic E-state index is -3.51. The summed E-state index contributed by atoms with van der Waals surface area (Å²) in [6.07, 6.45) is 2.57. The number of benzene rings is 2. The van der Waals surface area contributed by atoms with Gasteiger partial charge in [0.1, 0.15) is 0 Å². The summed E-state index contributed by atoms with van der Waals surface area (Å²) in [5.74, 6) is 0. The summed E-state index contributed by atoms with van der Waals surface area (Å²) in [7, 11) is -3.51. The van der Waals surface area contributed by atoms with Crippen LogP contribution in [0.2, 0.25) is 0 Å². The minimum absolute atomic E-state index is 0.239. The molecule has 0 amide bonds. The molecule has 5 nitrogen and oxygen atoms in total. The molecule has 1 saturated heterocycles. The highest BCUT2D eigenvalue weighted by Gasteiger charge is 2.27. The molecule has 0 saturated carbocycles. The smallest absolute Gasteiger partial charge is 0.243 e. The second-order valence-electron chi connectivity index (χ2n) is 6.22. The third-order valence-electron chi connectivity index (χ3n) is 4.69. The van der Waals surface area contributed by atoms with E-state index >= 15 is 0 Å². The molecule has 0 bridgehead atoms. The molecule has 0 radical (unpaired) electrons. The Kier molecular flexibility index (Phi) is 3.94. The fourth-order valence-electron chi connectivity index (χ4n) is 3.38. The van der Waals surface area contributed by atoms with Crippen LogP contribution in [0.15, 0.2) is 53.4 Å². The maximum atomic E-state index is 12.8. The Balaban J connectivity index is 1.87. The number of rotatable bonds is 4. The van der Waals surface area contributed by atoms with Gasteiger partial charge in [0.25, 0.3) is 0 Å². The zero-order chi connectivity index (χ0) is 17.4. The van der Waals surface area contributed by atoms with Crippen LogP contribution in [-0.4, -0.2) is 37.1 Å². The van der Waals surface area contributed by atoms with E-state index in [0.717, 1.165) is 30.2 Å². The summed E-state index contributed by atoms with van der Waals surface area (Å²) in [6, 6.07) is 14.5. The molecule has 3 aromatic rings. The van der Waals surface area contributed by atoms with Gasteiger partial charge >= 0.3 is 0 Å². The first-order chi connectivity index (χ1) is 12.1. The van der Waals surface area contributed by atoms with Gasteiger partial charge in [-0.1, -0.05) is 30.3 Å². The lowest BCUT2D eigenvalue weighted by molar-refractivity contribution is 0.112. The lowest BCUT2D eigenvalue weighted by Gasteiger charge is -2.15. The molecule has 0 aliphatic carbocycles. The van der Waals surface area contributed by atoms with Crippen LogP contribution >= 0.6 is 0 Å². The Morgan fingerprint density at radius 2 is 1.72 bits per heavy atom. The summed E-state index contributed by atoms with van der Waals surface area (Å²) in [5, 5.41) is 0.633. The molecular formula is C19H18N2O3S. The van der Waals surface area contributed by atoms with Gasteiger partial charge < -0.3 is 4.98 Å². The molecule has 1 fully saturated rings. The second-order valence-corrected chi connectivity index (χ2v) is 8.15. The van der Waals surface area contributed by atoms with E-state index in [1.807, 2.05) is 30.3 Å². The molecule has 0 unspecified atom stereocenters. The summed E-state index contributed by atoms with van der Waals surface area (Å²) in [6.45, 7) is 1.12. The van der Waals surface area contributed by atoms with Crippen LogP contribution in [0.25, 0.3) is 22.2 Å². The number of sulfonamides is 1. The largest absolute Gasteiger partial charge is 0.354 e. The first kappa shape index (κ1) is 16.1. The zero-order valence-electron chi connectivity index (χ0n) is 13.6. The third kappa shape index (κ3) is 2.67. The van der Waals surface area contributed by atoms with E-state index in [-0.39, 0.29) is 4.90 Å². The average Bonchev–Trinajstić information content (AvgIpc) is 3.29. The Bertz CT molecular complexity index is 1030. The number of H-pyrrole nitrogens is 1. The Labute approximate surface area is 146 Å². The van der Waals surface area contributed by atoms with Gasteiger partial charge in [0.05, 0.1) is 10.6 Å². The van der Waals surface area contributed by atoms with Crippen molar-refractivity contribution in [2.24, 2.45) is 0 Å². The minimum Gasteiger partial charge on any atom is -0.354 e. The number of nitrogens with zero attached hydrogens (tertiary/aromatic N) is 1. The van der Waals surface area contributed by atoms with Crippen LogP contribution < -0.4 is 0 Å². The van der Waals surface area contributed by atoms with E-state index in [1.165, 1.54) is 4.31 Å². The van der Waals surface area contributed by atoms with Gasteiger partial charge in [-0.3, -0.25) is 4.79 Å². The van der Waals surface area contributed by atoms with Crippen LogP contribution in [-0.2, 0) is 10.0 Å². The van der Waals surface area contributed by atoms with Crippen LogP contribution in [0.5, 0.6) is 0 Å². The van der Waals surface area contributed by atoms with Gasteiger partial charge in [0.15, 0.2) is 6.29 Å². The summed E-state index contributed by atoms with van der Waals surface area (Å²) in [4.78, 5) is 15.2. The number of hydrogen-bond acceptors (Lipinski definition) is 3. The highest BCUT2D eigenvalue weighted by atomic mass is 32.2. The number of aromatic nitrogens is 1. The predicted octanol–water partition coefficient (Wildman–Crippen LogP) is 3.43. The Morgan fingerprint density at radius 1 is 1.00 bits per heavy atom. The number of aldehydes is 1. The first-order valence-corrected chi connectivity index (χ1v) is 9.72. The molecule has 0 spiro atoms. The van der Waals surface area contributed by atoms with Crippen molar-refractivity contribution in [1.82, 2.24) is 9.29 Å². The standard InChI is InChI=1S/C19H18N2O3S/c22-13-17-16-12-15(25(23,24)21-10-4-5-11-21)8-9-18(16)20-19(17)14-6-2-1-3-7-14/h1-3,6-9,12-13,20H,4-5,10-11H2. The van der Waals surface area contributed by atoms with Crippen LogP contribution in [0, 0.1) is 0 Å². The van der Waals surface area contributed by atoms with Gasteiger partial charge in [0.2, 0.25) is 10.0 Å². The van der Waals surface area contributed by atoms with Crippen LogP contribution in [0.3, 0.4) is 0 Å². The van der Waals surface area contributed by atoms with E-state index in [4.69, 9.17) is 0 Å². The zero-order valence-corrected chi connectivity index (χ0v) is 14.4. The number of carbonyl (C=O) groups is 1. The quantitative estimate of drug-likeness (QED) is 0.730. The molecule has 6 heteroatoms. The molecule has 2 aromatic carbocycles. The number of fused-ring (bicyclic) bond motifs is 1. The summed E-state index contributed by atoms with van der Waals surface area (Å²) in [5.41, 5.74) is 2.84. The van der Waals surface area contributed by atoms with E-state index in [2.05, 4.69) is 4.98 Å². The lowest BCUT2D eigenvalue weighted by atomic mass is 10.1. The highest BCUT2D eigenvalue weighted by Crippen LogP contribution is 2.31. The molecule has 1 aliphatic rings. The predicted molar refractivity (Wildman–Crippen MR) is 97.1 cm³/mol. The maximum absolute atomic E-state index is 12.8. The molecule has 2 heterocycles. The fraction of sp³-hybridized carbons (Fsp3) is 0.211. The van der Waals surface area contributed by atoms with Crippen molar-refractivity contribution < 1.29 is 13.2 Å².